The van der Waals surface area contributed by atoms with E-state index in [1.807, 2.05) is 41.0 Å². The molecule has 4 saturated heterocycles. The van der Waals surface area contributed by atoms with Gasteiger partial charge in [-0.15, -0.1) is 0 Å². The molecule has 3 amide bonds. The average Bonchev–Trinajstić information content (AvgIpc) is 3.34. The number of methoxy groups -OCH3 is 1. The van der Waals surface area contributed by atoms with Gasteiger partial charge in [0.25, 0.3) is 0 Å². The maximum absolute atomic E-state index is 15.2. The van der Waals surface area contributed by atoms with Crippen LogP contribution in [-0.4, -0.2) is 121 Å². The number of rotatable bonds is 14. The number of pyridine rings is 1. The number of hydrogen-bond donors (Lipinski definition) is 3. The quantitative estimate of drug-likeness (QED) is 0.0716. The molecule has 0 spiro atoms. The molecule has 0 bridgehead atoms. The Bertz CT molecular complexity index is 2880. The molecule has 9 rings (SSSR count). The summed E-state index contributed by atoms with van der Waals surface area (Å²) in [4.78, 5) is 60.2. The number of fused-ring (bicyclic) bond motifs is 1. The van der Waals surface area contributed by atoms with Crippen LogP contribution in [0, 0.1) is 24.5 Å². The first-order valence-corrected chi connectivity index (χ1v) is 28.0. The third kappa shape index (κ3) is 11.0. The van der Waals surface area contributed by atoms with E-state index >= 15 is 8.78 Å². The van der Waals surface area contributed by atoms with Gasteiger partial charge in [-0.3, -0.25) is 29.6 Å². The van der Waals surface area contributed by atoms with E-state index in [9.17, 15) is 18.9 Å². The summed E-state index contributed by atoms with van der Waals surface area (Å²) < 4.78 is 50.7. The van der Waals surface area contributed by atoms with Crippen molar-refractivity contribution in [2.24, 2.45) is 5.92 Å². The number of nitrogens with zero attached hydrogens (tertiary/aromatic N) is 7. The maximum atomic E-state index is 15.2. The first kappa shape index (κ1) is 50.2. The second-order valence-electron chi connectivity index (χ2n) is 19.6. The van der Waals surface area contributed by atoms with E-state index in [2.05, 4.69) is 70.7 Å². The maximum Gasteiger partial charge on any atom is 0.236 e. The van der Waals surface area contributed by atoms with Crippen LogP contribution in [0.4, 0.5) is 43.3 Å². The number of aromatic nitrogens is 3. The fourth-order valence-electron chi connectivity index (χ4n) is 10.8. The Labute approximate surface area is 422 Å². The molecule has 4 fully saturated rings. The number of piperidine rings is 3. The molecular formula is C52H62BrF2N10O5P. The van der Waals surface area contributed by atoms with Crippen LogP contribution in [0.15, 0.2) is 59.2 Å². The summed E-state index contributed by atoms with van der Waals surface area (Å²) in [5.41, 5.74) is 5.56. The van der Waals surface area contributed by atoms with Crippen molar-refractivity contribution >= 4 is 91.5 Å². The molecule has 2 aromatic heterocycles. The van der Waals surface area contributed by atoms with Crippen molar-refractivity contribution in [1.29, 1.82) is 0 Å². The highest BCUT2D eigenvalue weighted by Crippen LogP contribution is 2.43. The number of carbonyl (C=O) groups excluding carboxylic acids is 3. The van der Waals surface area contributed by atoms with E-state index in [1.165, 1.54) is 12.1 Å². The van der Waals surface area contributed by atoms with Gasteiger partial charge in [0.1, 0.15) is 30.3 Å². The van der Waals surface area contributed by atoms with Crippen molar-refractivity contribution < 1.29 is 32.5 Å². The molecule has 1 atom stereocenters. The molecule has 4 aliphatic heterocycles. The zero-order valence-electron chi connectivity index (χ0n) is 41.0. The van der Waals surface area contributed by atoms with Crippen LogP contribution in [0.2, 0.25) is 0 Å². The minimum Gasteiger partial charge on any atom is -0.494 e. The lowest BCUT2D eigenvalue weighted by Gasteiger charge is -2.43. The number of piperazine rings is 1. The molecule has 4 aliphatic rings. The number of hydrogen-bond acceptors (Lipinski definition) is 13. The van der Waals surface area contributed by atoms with Gasteiger partial charge in [-0.05, 0) is 129 Å². The second-order valence-corrected chi connectivity index (χ2v) is 23.6. The standard InChI is InChI=1S/C52H62BrF2N10O5P/c1-6-33-25-43(59-52-56-29-38(53)50(61-52)58-42-11-10-41-36(8-7-31(2)57-41)49(42)71(4,5)69)45(70-3)28-44(33)63-21-16-34(17-22-63)65-24-23-64(47(67)30-65)20-15-32-13-18-62(19-14-32)35-26-39(54)48(40(55)27-35)37-9-12-46(66)60-51(37)68/h7-8,10-11,25-29,32,34,37H,6,9,12-24,30H2,1-5H3,(H,60,66,68)(H2,56,58,59,61). The summed E-state index contributed by atoms with van der Waals surface area (Å²) in [6, 6.07) is 14.8. The zero-order valence-corrected chi connectivity index (χ0v) is 43.5. The number of amides is 3. The largest absolute Gasteiger partial charge is 0.494 e. The van der Waals surface area contributed by atoms with Crippen molar-refractivity contribution in [2.45, 2.75) is 77.2 Å². The van der Waals surface area contributed by atoms with Crippen LogP contribution in [0.5, 0.6) is 5.75 Å². The number of aryl methyl sites for hydroxylation is 2. The first-order valence-electron chi connectivity index (χ1n) is 24.6. The molecule has 3 N–H and O–H groups in total. The van der Waals surface area contributed by atoms with Gasteiger partial charge in [-0.2, -0.15) is 4.98 Å². The van der Waals surface area contributed by atoms with Crippen LogP contribution >= 0.6 is 23.1 Å². The molecule has 1 unspecified atom stereocenters. The zero-order chi connectivity index (χ0) is 50.1. The van der Waals surface area contributed by atoms with E-state index in [0.717, 1.165) is 91.7 Å². The molecule has 6 heterocycles. The monoisotopic (exact) mass is 1050 g/mol. The fraction of sp³-hybridized carbons (Fsp3) is 0.462. The van der Waals surface area contributed by atoms with Gasteiger partial charge in [0, 0.05) is 104 Å². The highest BCUT2D eigenvalue weighted by Gasteiger charge is 2.35. The van der Waals surface area contributed by atoms with Gasteiger partial charge in [0.2, 0.25) is 23.7 Å². The Hall–Kier alpha value is -5.71. The molecule has 15 nitrogen and oxygen atoms in total. The Morgan fingerprint density at radius 3 is 2.28 bits per heavy atom. The van der Waals surface area contributed by atoms with Gasteiger partial charge >= 0.3 is 0 Å². The molecule has 0 aliphatic carbocycles. The van der Waals surface area contributed by atoms with Gasteiger partial charge < -0.3 is 34.6 Å². The number of anilines is 6. The van der Waals surface area contributed by atoms with Crippen LogP contribution in [0.1, 0.15) is 74.6 Å². The second kappa shape index (κ2) is 21.2. The van der Waals surface area contributed by atoms with Gasteiger partial charge in [0.15, 0.2) is 0 Å². The lowest BCUT2D eigenvalue weighted by atomic mass is 9.89. The van der Waals surface area contributed by atoms with Gasteiger partial charge in [0.05, 0.1) is 40.9 Å². The summed E-state index contributed by atoms with van der Waals surface area (Å²) in [6.45, 7) is 13.2. The lowest BCUT2D eigenvalue weighted by molar-refractivity contribution is -0.137. The summed E-state index contributed by atoms with van der Waals surface area (Å²) in [5.74, 6) is -1.54. The minimum atomic E-state index is -2.75. The summed E-state index contributed by atoms with van der Waals surface area (Å²) >= 11 is 3.61. The molecule has 376 valence electrons. The highest BCUT2D eigenvalue weighted by atomic mass is 79.9. The molecule has 5 aromatic rings. The number of imide groups is 1. The Kier molecular flexibility index (Phi) is 15.0. The number of halogens is 3. The smallest absolute Gasteiger partial charge is 0.236 e. The van der Waals surface area contributed by atoms with Crippen LogP contribution in [0.25, 0.3) is 10.9 Å². The van der Waals surface area contributed by atoms with Gasteiger partial charge in [-0.25, -0.2) is 13.8 Å². The predicted octanol–water partition coefficient (Wildman–Crippen LogP) is 8.62. The molecule has 0 radical (unpaired) electrons. The minimum absolute atomic E-state index is 0.0488. The van der Waals surface area contributed by atoms with E-state index in [1.54, 1.807) is 26.6 Å². The number of carbonyl (C=O) groups is 3. The molecule has 19 heteroatoms. The van der Waals surface area contributed by atoms with Crippen LogP contribution in [0.3, 0.4) is 0 Å². The number of nitrogens with one attached hydrogen (secondary N) is 3. The van der Waals surface area contributed by atoms with E-state index in [-0.39, 0.29) is 24.3 Å². The van der Waals surface area contributed by atoms with E-state index in [4.69, 9.17) is 9.72 Å². The van der Waals surface area contributed by atoms with Crippen molar-refractivity contribution in [3.05, 3.63) is 87.7 Å². The van der Waals surface area contributed by atoms with E-state index < -0.39 is 36.5 Å². The summed E-state index contributed by atoms with van der Waals surface area (Å²) in [5, 5.41) is 10.6. The van der Waals surface area contributed by atoms with Gasteiger partial charge in [-0.1, -0.05) is 13.0 Å². The third-order valence-corrected chi connectivity index (χ3v) is 16.8. The first-order chi connectivity index (χ1) is 34.1. The Morgan fingerprint density at radius 2 is 1.61 bits per heavy atom. The normalized spacial score (nSPS) is 18.8. The molecule has 3 aromatic carbocycles. The highest BCUT2D eigenvalue weighted by molar-refractivity contribution is 9.10. The Morgan fingerprint density at radius 1 is 0.873 bits per heavy atom. The average molecular weight is 1060 g/mol. The van der Waals surface area contributed by atoms with Crippen molar-refractivity contribution in [3.8, 4) is 5.75 Å². The van der Waals surface area contributed by atoms with Crippen LogP contribution < -0.4 is 35.8 Å². The predicted molar refractivity (Wildman–Crippen MR) is 279 cm³/mol. The van der Waals surface area contributed by atoms with Crippen molar-refractivity contribution in [3.63, 3.8) is 0 Å². The lowest BCUT2D eigenvalue weighted by Crippen LogP contribution is -2.56. The number of ether oxygens (including phenoxy) is 1. The molecule has 71 heavy (non-hydrogen) atoms. The van der Waals surface area contributed by atoms with Crippen molar-refractivity contribution in [2.75, 3.05) is 93.2 Å². The van der Waals surface area contributed by atoms with Crippen LogP contribution in [-0.2, 0) is 25.4 Å². The molecular weight excluding hydrogens is 994 g/mol. The molecule has 0 saturated carbocycles. The van der Waals surface area contributed by atoms with E-state index in [0.29, 0.717) is 83.4 Å². The summed E-state index contributed by atoms with van der Waals surface area (Å²) in [7, 11) is -1.09. The van der Waals surface area contributed by atoms with Crippen molar-refractivity contribution in [1.82, 2.24) is 30.1 Å². The topological polar surface area (TPSA) is 165 Å². The number of benzene rings is 3. The Balaban J connectivity index is 0.765. The fourth-order valence-corrected chi connectivity index (χ4v) is 12.6. The SMILES string of the molecule is CCc1cc(Nc2ncc(Br)c(Nc3ccc4nc(C)ccc4c3P(C)(C)=O)n2)c(OC)cc1N1CCC(N2CCN(CCC3CCN(c4cc(F)c(C5CCC(=O)NC5=O)c(F)c4)CC3)C(=O)C2)CC1. The third-order valence-electron chi connectivity index (χ3n) is 14.7. The summed E-state index contributed by atoms with van der Waals surface area (Å²) in [6.07, 6.45) is 7.08.